The third kappa shape index (κ3) is 3.21. The number of amides is 1. The second-order valence-corrected chi connectivity index (χ2v) is 6.70. The molecule has 2 heterocycles. The van der Waals surface area contributed by atoms with Crippen LogP contribution in [0.3, 0.4) is 0 Å². The van der Waals surface area contributed by atoms with Crippen molar-refractivity contribution >= 4 is 35.4 Å². The summed E-state index contributed by atoms with van der Waals surface area (Å²) in [5, 5.41) is 20.4. The zero-order valence-corrected chi connectivity index (χ0v) is 15.0. The number of aliphatic carboxylic acids is 1. The van der Waals surface area contributed by atoms with Gasteiger partial charge in [0.1, 0.15) is 5.37 Å². The topological polar surface area (TPSA) is 107 Å². The SMILES string of the molecule is C[C@@H](O)[C@H]1C(=O)N2C(C(=O)[O-])=C(CSCCN)S[C@H]12.[Na+]. The smallest absolute Gasteiger partial charge is 0.543 e. The van der Waals surface area contributed by atoms with Crippen LogP contribution in [0.15, 0.2) is 10.6 Å². The number of rotatable bonds is 6. The van der Waals surface area contributed by atoms with Crippen LogP contribution in [-0.4, -0.2) is 51.4 Å². The van der Waals surface area contributed by atoms with E-state index in [9.17, 15) is 19.8 Å². The summed E-state index contributed by atoms with van der Waals surface area (Å²) in [6.45, 7) is 2.06. The van der Waals surface area contributed by atoms with Gasteiger partial charge < -0.3 is 20.7 Å². The normalized spacial score (nSPS) is 25.9. The third-order valence-corrected chi connectivity index (χ3v) is 5.63. The van der Waals surface area contributed by atoms with Gasteiger partial charge >= 0.3 is 29.6 Å². The summed E-state index contributed by atoms with van der Waals surface area (Å²) in [4.78, 5) is 24.9. The molecule has 9 heteroatoms. The van der Waals surface area contributed by atoms with Gasteiger partial charge in [0, 0.05) is 23.0 Å². The summed E-state index contributed by atoms with van der Waals surface area (Å²) >= 11 is 2.85. The molecule has 3 atom stereocenters. The molecule has 20 heavy (non-hydrogen) atoms. The van der Waals surface area contributed by atoms with Crippen molar-refractivity contribution in [1.29, 1.82) is 0 Å². The Hall–Kier alpha value is 0.300. The van der Waals surface area contributed by atoms with Crippen molar-refractivity contribution in [2.45, 2.75) is 18.4 Å². The molecule has 0 radical (unpaired) electrons. The van der Waals surface area contributed by atoms with Gasteiger partial charge in [0.15, 0.2) is 0 Å². The van der Waals surface area contributed by atoms with Crippen molar-refractivity contribution < 1.29 is 49.4 Å². The number of carboxylic acid groups (broad SMARTS) is 1. The quantitative estimate of drug-likeness (QED) is 0.288. The van der Waals surface area contributed by atoms with Crippen LogP contribution in [0.1, 0.15) is 6.92 Å². The first kappa shape index (κ1) is 18.3. The molecule has 1 saturated heterocycles. The van der Waals surface area contributed by atoms with E-state index >= 15 is 0 Å². The molecule has 6 nitrogen and oxygen atoms in total. The van der Waals surface area contributed by atoms with E-state index in [4.69, 9.17) is 5.73 Å². The predicted molar refractivity (Wildman–Crippen MR) is 71.8 cm³/mol. The third-order valence-electron chi connectivity index (χ3n) is 3.06. The van der Waals surface area contributed by atoms with E-state index in [0.29, 0.717) is 17.2 Å². The van der Waals surface area contributed by atoms with E-state index in [2.05, 4.69) is 0 Å². The molecule has 2 aliphatic heterocycles. The Morgan fingerprint density at radius 2 is 2.30 bits per heavy atom. The molecule has 106 valence electrons. The summed E-state index contributed by atoms with van der Waals surface area (Å²) < 4.78 is 0. The molecule has 2 rings (SSSR count). The van der Waals surface area contributed by atoms with E-state index in [1.807, 2.05) is 0 Å². The van der Waals surface area contributed by atoms with Gasteiger partial charge in [-0.1, -0.05) is 0 Å². The molecule has 0 bridgehead atoms. The number of aliphatic hydroxyl groups excluding tert-OH is 1. The van der Waals surface area contributed by atoms with Crippen LogP contribution < -0.4 is 40.4 Å². The van der Waals surface area contributed by atoms with Crippen molar-refractivity contribution in [3.8, 4) is 0 Å². The maximum atomic E-state index is 11.9. The van der Waals surface area contributed by atoms with Crippen LogP contribution in [0.5, 0.6) is 0 Å². The molecular weight excluding hydrogens is 311 g/mol. The Labute approximate surface area is 147 Å². The minimum atomic E-state index is -1.34. The van der Waals surface area contributed by atoms with Gasteiger partial charge in [-0.2, -0.15) is 11.8 Å². The minimum absolute atomic E-state index is 0. The van der Waals surface area contributed by atoms with Gasteiger partial charge in [-0.25, -0.2) is 0 Å². The summed E-state index contributed by atoms with van der Waals surface area (Å²) in [7, 11) is 0. The molecule has 0 unspecified atom stereocenters. The van der Waals surface area contributed by atoms with Crippen LogP contribution >= 0.6 is 23.5 Å². The molecule has 2 aliphatic rings. The number of carbonyl (C=O) groups excluding carboxylic acids is 2. The number of fused-ring (bicyclic) bond motifs is 1. The maximum Gasteiger partial charge on any atom is 1.00 e. The van der Waals surface area contributed by atoms with Crippen LogP contribution in [0.2, 0.25) is 0 Å². The van der Waals surface area contributed by atoms with Crippen molar-refractivity contribution in [2.24, 2.45) is 11.7 Å². The molecule has 0 aromatic rings. The second kappa shape index (κ2) is 7.53. The van der Waals surface area contributed by atoms with E-state index in [1.54, 1.807) is 6.92 Å². The largest absolute Gasteiger partial charge is 1.00 e. The molecule has 0 aromatic carbocycles. The monoisotopic (exact) mass is 326 g/mol. The van der Waals surface area contributed by atoms with Crippen LogP contribution in [0.25, 0.3) is 0 Å². The molecule has 0 spiro atoms. The van der Waals surface area contributed by atoms with Crippen molar-refractivity contribution in [3.05, 3.63) is 10.6 Å². The van der Waals surface area contributed by atoms with Crippen LogP contribution in [-0.2, 0) is 9.59 Å². The maximum absolute atomic E-state index is 11.9. The second-order valence-electron chi connectivity index (χ2n) is 4.38. The Balaban J connectivity index is 0.00000200. The Morgan fingerprint density at radius 1 is 1.65 bits per heavy atom. The zero-order chi connectivity index (χ0) is 14.2. The van der Waals surface area contributed by atoms with Crippen molar-refractivity contribution in [1.82, 2.24) is 4.90 Å². The summed E-state index contributed by atoms with van der Waals surface area (Å²) in [6.07, 6.45) is -0.778. The van der Waals surface area contributed by atoms with E-state index < -0.39 is 18.0 Å². The average Bonchev–Trinajstić information content (AvgIpc) is 2.64. The molecule has 0 saturated carbocycles. The Morgan fingerprint density at radius 3 is 2.80 bits per heavy atom. The first-order valence-corrected chi connectivity index (χ1v) is 7.92. The fourth-order valence-corrected chi connectivity index (χ4v) is 4.74. The van der Waals surface area contributed by atoms with E-state index in [-0.39, 0.29) is 46.5 Å². The minimum Gasteiger partial charge on any atom is -0.543 e. The number of nitrogens with zero attached hydrogens (tertiary/aromatic N) is 1. The number of carbonyl (C=O) groups is 2. The van der Waals surface area contributed by atoms with Gasteiger partial charge in [0.05, 0.1) is 23.7 Å². The van der Waals surface area contributed by atoms with E-state index in [0.717, 1.165) is 5.75 Å². The number of thioether (sulfide) groups is 2. The van der Waals surface area contributed by atoms with Gasteiger partial charge in [-0.05, 0) is 6.92 Å². The fourth-order valence-electron chi connectivity index (χ4n) is 2.19. The number of aliphatic hydroxyl groups is 1. The first-order valence-electron chi connectivity index (χ1n) is 5.89. The number of hydrogen-bond donors (Lipinski definition) is 2. The molecular formula is C11H15N2NaO4S2. The summed E-state index contributed by atoms with van der Waals surface area (Å²) in [5.41, 5.74) is 5.35. The summed E-state index contributed by atoms with van der Waals surface area (Å²) in [5.74, 6) is -0.987. The molecule has 1 fully saturated rings. The average molecular weight is 326 g/mol. The molecule has 1 amide bonds. The predicted octanol–water partition coefficient (Wildman–Crippen LogP) is -4.44. The number of hydrogen-bond acceptors (Lipinski definition) is 7. The number of nitrogens with two attached hydrogens (primary N) is 1. The van der Waals surface area contributed by atoms with Gasteiger partial charge in [0.2, 0.25) is 5.91 Å². The zero-order valence-electron chi connectivity index (χ0n) is 11.4. The first-order chi connectivity index (χ1) is 8.99. The number of carboxylic acids is 1. The fraction of sp³-hybridized carbons (Fsp3) is 0.636. The Kier molecular flexibility index (Phi) is 6.91. The van der Waals surface area contributed by atoms with Gasteiger partial charge in [-0.15, -0.1) is 11.8 Å². The number of β-lactam (4-membered cyclic amide) rings is 1. The Bertz CT molecular complexity index is 444. The molecule has 0 aliphatic carbocycles. The van der Waals surface area contributed by atoms with Crippen LogP contribution in [0, 0.1) is 5.92 Å². The molecule has 3 N–H and O–H groups in total. The molecule has 0 aromatic heterocycles. The standard InChI is InChI=1S/C11H16N2O4S2.Na/c1-5(14)7-9(15)13-8(11(16)17)6(19-10(7)13)4-18-3-2-12;/h5,7,10,14H,2-4,12H2,1H3,(H,16,17);/q;+1/p-1/t5-,7+,10-;/m1./s1. The van der Waals surface area contributed by atoms with Crippen molar-refractivity contribution in [2.75, 3.05) is 18.1 Å². The van der Waals surface area contributed by atoms with Gasteiger partial charge in [0.25, 0.3) is 0 Å². The summed E-state index contributed by atoms with van der Waals surface area (Å²) in [6, 6.07) is 0. The van der Waals surface area contributed by atoms with Gasteiger partial charge in [-0.3, -0.25) is 9.69 Å². The van der Waals surface area contributed by atoms with Crippen LogP contribution in [0.4, 0.5) is 0 Å². The van der Waals surface area contributed by atoms with Crippen molar-refractivity contribution in [3.63, 3.8) is 0 Å². The van der Waals surface area contributed by atoms with E-state index in [1.165, 1.54) is 28.4 Å².